The highest BCUT2D eigenvalue weighted by Crippen LogP contribution is 2.57. The van der Waals surface area contributed by atoms with Gasteiger partial charge in [0.1, 0.15) is 0 Å². The minimum atomic E-state index is 0.566. The first-order chi connectivity index (χ1) is 5.64. The second-order valence-corrected chi connectivity index (χ2v) is 5.46. The zero-order chi connectivity index (χ0) is 9.24. The van der Waals surface area contributed by atoms with Gasteiger partial charge in [-0.05, 0) is 42.7 Å². The Morgan fingerprint density at radius 2 is 1.58 bits per heavy atom. The van der Waals surface area contributed by atoms with Crippen LogP contribution in [0.4, 0.5) is 0 Å². The Kier molecular flexibility index (Phi) is 3.21. The van der Waals surface area contributed by atoms with Crippen molar-refractivity contribution in [2.75, 3.05) is 0 Å². The van der Waals surface area contributed by atoms with Crippen LogP contribution in [0.2, 0.25) is 0 Å². The summed E-state index contributed by atoms with van der Waals surface area (Å²) in [5.41, 5.74) is 0.645. The van der Waals surface area contributed by atoms with Gasteiger partial charge in [0.15, 0.2) is 0 Å². The smallest absolute Gasteiger partial charge is 0.00967 e. The molecule has 0 nitrogen and oxygen atoms in total. The van der Waals surface area contributed by atoms with Crippen LogP contribution in [-0.4, -0.2) is 5.16 Å². The van der Waals surface area contributed by atoms with Crippen molar-refractivity contribution in [1.82, 2.24) is 0 Å². The molecule has 1 aliphatic carbocycles. The summed E-state index contributed by atoms with van der Waals surface area (Å²) in [7, 11) is 3.17. The Hall–Kier alpha value is 0.430. The predicted molar refractivity (Wildman–Crippen MR) is 59.6 cm³/mol. The lowest BCUT2D eigenvalue weighted by Crippen LogP contribution is -2.36. The number of rotatable bonds is 3. The van der Waals surface area contributed by atoms with Crippen LogP contribution in [0, 0.1) is 5.41 Å². The molecule has 2 unspecified atom stereocenters. The molecule has 0 radical (unpaired) electrons. The van der Waals surface area contributed by atoms with Gasteiger partial charge in [0.25, 0.3) is 0 Å². The summed E-state index contributed by atoms with van der Waals surface area (Å²) in [6.07, 6.45) is 8.38. The van der Waals surface area contributed by atoms with Gasteiger partial charge in [-0.2, -0.15) is 0 Å². The zero-order valence-corrected chi connectivity index (χ0v) is 9.97. The minimum absolute atomic E-state index is 0.566. The molecule has 1 saturated carbocycles. The van der Waals surface area contributed by atoms with Crippen LogP contribution in [0.15, 0.2) is 0 Å². The van der Waals surface area contributed by atoms with Crippen molar-refractivity contribution in [1.29, 1.82) is 0 Å². The van der Waals surface area contributed by atoms with Crippen molar-refractivity contribution in [2.24, 2.45) is 5.41 Å². The Morgan fingerprint density at radius 3 is 1.92 bits per heavy atom. The summed E-state index contributed by atoms with van der Waals surface area (Å²) in [6.45, 7) is 7.07. The molecule has 1 fully saturated rings. The molecular weight excluding hydrogens is 163 g/mol. The molecule has 1 aliphatic rings. The van der Waals surface area contributed by atoms with Crippen LogP contribution in [0.3, 0.4) is 0 Å². The molecule has 0 heterocycles. The molecule has 0 amide bonds. The van der Waals surface area contributed by atoms with Crippen LogP contribution in [-0.2, 0) is 0 Å². The summed E-state index contributed by atoms with van der Waals surface area (Å²) in [5.74, 6) is 0. The monoisotopic (exact) mass is 186 g/mol. The van der Waals surface area contributed by atoms with Gasteiger partial charge in [-0.1, -0.05) is 27.2 Å². The molecule has 0 spiro atoms. The third kappa shape index (κ3) is 1.33. The Labute approximate surface area is 79.7 Å². The van der Waals surface area contributed by atoms with E-state index in [1.165, 1.54) is 38.5 Å². The molecule has 0 aliphatic heterocycles. The Morgan fingerprint density at radius 1 is 1.00 bits per heavy atom. The third-order valence-electron chi connectivity index (χ3n) is 4.32. The van der Waals surface area contributed by atoms with Crippen molar-refractivity contribution in [2.45, 2.75) is 64.5 Å². The lowest BCUT2D eigenvalue weighted by atomic mass is 9.71. The number of hydrogen-bond donors (Lipinski definition) is 0. The van der Waals surface area contributed by atoms with Gasteiger partial charge >= 0.3 is 0 Å². The SMILES string of the molecule is CCC1(P)CCCC1(CC)CC. The van der Waals surface area contributed by atoms with Crippen LogP contribution >= 0.6 is 9.24 Å². The Balaban J connectivity index is 2.85. The first kappa shape index (κ1) is 10.5. The Bertz CT molecular complexity index is 149. The molecule has 72 valence electrons. The first-order valence-electron chi connectivity index (χ1n) is 5.43. The molecule has 0 aromatic heterocycles. The van der Waals surface area contributed by atoms with Crippen LogP contribution in [0.5, 0.6) is 0 Å². The van der Waals surface area contributed by atoms with Crippen molar-refractivity contribution < 1.29 is 0 Å². The molecule has 0 N–H and O–H groups in total. The van der Waals surface area contributed by atoms with Crippen molar-refractivity contribution in [3.8, 4) is 0 Å². The summed E-state index contributed by atoms with van der Waals surface area (Å²) >= 11 is 0. The summed E-state index contributed by atoms with van der Waals surface area (Å²) in [5, 5.41) is 0.566. The molecule has 0 aromatic rings. The van der Waals surface area contributed by atoms with E-state index in [9.17, 15) is 0 Å². The van der Waals surface area contributed by atoms with Crippen LogP contribution in [0.1, 0.15) is 59.3 Å². The first-order valence-corrected chi connectivity index (χ1v) is 6.01. The van der Waals surface area contributed by atoms with Crippen molar-refractivity contribution >= 4 is 9.24 Å². The maximum Gasteiger partial charge on any atom is -0.00967 e. The molecule has 2 atom stereocenters. The fourth-order valence-corrected chi connectivity index (χ4v) is 3.87. The molecule has 0 bridgehead atoms. The summed E-state index contributed by atoms with van der Waals surface area (Å²) in [6, 6.07) is 0. The number of hydrogen-bond acceptors (Lipinski definition) is 0. The van der Waals surface area contributed by atoms with Gasteiger partial charge in [-0.15, -0.1) is 9.24 Å². The van der Waals surface area contributed by atoms with Gasteiger partial charge in [-0.25, -0.2) is 0 Å². The lowest BCUT2D eigenvalue weighted by Gasteiger charge is -2.42. The highest BCUT2D eigenvalue weighted by molar-refractivity contribution is 7.19. The highest BCUT2D eigenvalue weighted by atomic mass is 31.0. The van der Waals surface area contributed by atoms with E-state index in [0.29, 0.717) is 10.6 Å². The van der Waals surface area contributed by atoms with Gasteiger partial charge in [0.2, 0.25) is 0 Å². The van der Waals surface area contributed by atoms with Gasteiger partial charge < -0.3 is 0 Å². The van der Waals surface area contributed by atoms with Crippen LogP contribution < -0.4 is 0 Å². The second-order valence-electron chi connectivity index (χ2n) is 4.35. The van der Waals surface area contributed by atoms with Gasteiger partial charge in [-0.3, -0.25) is 0 Å². The second kappa shape index (κ2) is 3.66. The lowest BCUT2D eigenvalue weighted by molar-refractivity contribution is 0.205. The molecule has 1 rings (SSSR count). The zero-order valence-electron chi connectivity index (χ0n) is 8.82. The molecule has 12 heavy (non-hydrogen) atoms. The van der Waals surface area contributed by atoms with E-state index in [-0.39, 0.29) is 0 Å². The average Bonchev–Trinajstić information content (AvgIpc) is 2.44. The van der Waals surface area contributed by atoms with E-state index < -0.39 is 0 Å². The maximum atomic E-state index is 3.17. The largest absolute Gasteiger partial charge is 0.131 e. The normalized spacial score (nSPS) is 34.0. The highest BCUT2D eigenvalue weighted by Gasteiger charge is 2.47. The standard InChI is InChI=1S/C11H23P/c1-4-10(5-2)8-7-9-11(10,12)6-3/h4-9,12H2,1-3H3. The fraction of sp³-hybridized carbons (Fsp3) is 1.00. The van der Waals surface area contributed by atoms with E-state index in [1.807, 2.05) is 0 Å². The van der Waals surface area contributed by atoms with Crippen molar-refractivity contribution in [3.05, 3.63) is 0 Å². The minimum Gasteiger partial charge on any atom is -0.131 e. The third-order valence-corrected chi connectivity index (χ3v) is 5.63. The summed E-state index contributed by atoms with van der Waals surface area (Å²) in [4.78, 5) is 0. The molecule has 0 saturated heterocycles. The van der Waals surface area contributed by atoms with E-state index in [4.69, 9.17) is 0 Å². The quantitative estimate of drug-likeness (QED) is 0.584. The van der Waals surface area contributed by atoms with E-state index in [0.717, 1.165) is 0 Å². The van der Waals surface area contributed by atoms with E-state index in [1.54, 1.807) is 0 Å². The maximum absolute atomic E-state index is 3.17. The molecule has 0 aromatic carbocycles. The predicted octanol–water partition coefficient (Wildman–Crippen LogP) is 4.00. The van der Waals surface area contributed by atoms with E-state index >= 15 is 0 Å². The fourth-order valence-electron chi connectivity index (χ4n) is 3.12. The topological polar surface area (TPSA) is 0 Å². The van der Waals surface area contributed by atoms with E-state index in [2.05, 4.69) is 30.0 Å². The van der Waals surface area contributed by atoms with Crippen molar-refractivity contribution in [3.63, 3.8) is 0 Å². The van der Waals surface area contributed by atoms with Gasteiger partial charge in [0, 0.05) is 0 Å². The molecule has 1 heteroatoms. The van der Waals surface area contributed by atoms with Crippen LogP contribution in [0.25, 0.3) is 0 Å². The average molecular weight is 186 g/mol. The molecular formula is C11H23P. The summed E-state index contributed by atoms with van der Waals surface area (Å²) < 4.78 is 0. The van der Waals surface area contributed by atoms with Gasteiger partial charge in [0.05, 0.1) is 0 Å².